The Morgan fingerprint density at radius 3 is 2.28 bits per heavy atom. The molecule has 0 aliphatic carbocycles. The van der Waals surface area contributed by atoms with E-state index >= 15 is 0 Å². The molecule has 0 saturated heterocycles. The smallest absolute Gasteiger partial charge is 0.434 e. The molecule has 0 fully saturated rings. The zero-order valence-corrected chi connectivity index (χ0v) is 15.2. The second kappa shape index (κ2) is 12.3. The standard InChI is InChI=1S/C19H29NO5/c1-3-5-7-8-10-16(9-6-4-2)15-24-19(21)25-18-13-11-17(12-14-18)20(22)23/h11-14,16H,3-10,15H2,1-2H3. The van der Waals surface area contributed by atoms with Gasteiger partial charge in [-0.25, -0.2) is 4.79 Å². The van der Waals surface area contributed by atoms with Crippen molar-refractivity contribution in [2.75, 3.05) is 6.61 Å². The summed E-state index contributed by atoms with van der Waals surface area (Å²) >= 11 is 0. The molecule has 0 aliphatic heterocycles. The maximum Gasteiger partial charge on any atom is 0.513 e. The molecule has 0 heterocycles. The first-order valence-corrected chi connectivity index (χ1v) is 9.15. The van der Waals surface area contributed by atoms with Crippen LogP contribution < -0.4 is 4.74 Å². The van der Waals surface area contributed by atoms with Crippen LogP contribution in [0.25, 0.3) is 0 Å². The van der Waals surface area contributed by atoms with Gasteiger partial charge in [-0.1, -0.05) is 52.4 Å². The number of carbonyl (C=O) groups excluding carboxylic acids is 1. The third kappa shape index (κ3) is 9.08. The van der Waals surface area contributed by atoms with E-state index in [2.05, 4.69) is 13.8 Å². The summed E-state index contributed by atoms with van der Waals surface area (Å²) in [5, 5.41) is 10.6. The van der Waals surface area contributed by atoms with Crippen LogP contribution in [0.2, 0.25) is 0 Å². The molecule has 0 amide bonds. The Balaban J connectivity index is 2.39. The molecule has 1 aromatic carbocycles. The fourth-order valence-electron chi connectivity index (χ4n) is 2.61. The predicted molar refractivity (Wildman–Crippen MR) is 96.8 cm³/mol. The molecular formula is C19H29NO5. The highest BCUT2D eigenvalue weighted by Crippen LogP contribution is 2.20. The summed E-state index contributed by atoms with van der Waals surface area (Å²) in [6, 6.07) is 5.36. The maximum absolute atomic E-state index is 11.8. The van der Waals surface area contributed by atoms with E-state index in [1.807, 2.05) is 0 Å². The summed E-state index contributed by atoms with van der Waals surface area (Å²) < 4.78 is 10.3. The number of hydrogen-bond donors (Lipinski definition) is 0. The van der Waals surface area contributed by atoms with Gasteiger partial charge in [0, 0.05) is 12.1 Å². The van der Waals surface area contributed by atoms with E-state index < -0.39 is 11.1 Å². The van der Waals surface area contributed by atoms with E-state index in [1.54, 1.807) is 0 Å². The number of ether oxygens (including phenoxy) is 2. The minimum atomic E-state index is -0.760. The first kappa shape index (κ1) is 20.9. The fourth-order valence-corrected chi connectivity index (χ4v) is 2.61. The van der Waals surface area contributed by atoms with Crippen molar-refractivity contribution in [1.82, 2.24) is 0 Å². The van der Waals surface area contributed by atoms with Gasteiger partial charge in [-0.2, -0.15) is 0 Å². The van der Waals surface area contributed by atoms with Crippen LogP contribution in [0.5, 0.6) is 5.75 Å². The number of unbranched alkanes of at least 4 members (excludes halogenated alkanes) is 4. The lowest BCUT2D eigenvalue weighted by Gasteiger charge is -2.16. The zero-order chi connectivity index (χ0) is 18.5. The quantitative estimate of drug-likeness (QED) is 0.154. The molecule has 140 valence electrons. The Kier molecular flexibility index (Phi) is 10.3. The SMILES string of the molecule is CCCCCCC(CCCC)COC(=O)Oc1ccc([N+](=O)[O-])cc1. The monoisotopic (exact) mass is 351 g/mol. The highest BCUT2D eigenvalue weighted by Gasteiger charge is 2.14. The number of nitro benzene ring substituents is 1. The van der Waals surface area contributed by atoms with Gasteiger partial charge in [0.1, 0.15) is 5.75 Å². The van der Waals surface area contributed by atoms with Crippen molar-refractivity contribution in [2.45, 2.75) is 65.2 Å². The van der Waals surface area contributed by atoms with Gasteiger partial charge in [-0.05, 0) is 30.9 Å². The van der Waals surface area contributed by atoms with Crippen LogP contribution in [0.3, 0.4) is 0 Å². The Morgan fingerprint density at radius 1 is 1.04 bits per heavy atom. The Bertz CT molecular complexity index is 515. The van der Waals surface area contributed by atoms with Crippen molar-refractivity contribution in [3.63, 3.8) is 0 Å². The number of non-ortho nitro benzene ring substituents is 1. The Labute approximate surface area is 149 Å². The molecule has 0 radical (unpaired) electrons. The van der Waals surface area contributed by atoms with Crippen LogP contribution in [0.4, 0.5) is 10.5 Å². The van der Waals surface area contributed by atoms with Crippen LogP contribution in [-0.2, 0) is 4.74 Å². The third-order valence-electron chi connectivity index (χ3n) is 4.12. The van der Waals surface area contributed by atoms with Crippen molar-refractivity contribution in [3.8, 4) is 5.75 Å². The Hall–Kier alpha value is -2.11. The van der Waals surface area contributed by atoms with Gasteiger partial charge >= 0.3 is 6.16 Å². The molecule has 25 heavy (non-hydrogen) atoms. The highest BCUT2D eigenvalue weighted by atomic mass is 16.7. The average Bonchev–Trinajstić information content (AvgIpc) is 2.60. The molecule has 1 aromatic rings. The number of nitrogens with zero attached hydrogens (tertiary/aromatic N) is 1. The molecule has 0 aromatic heterocycles. The topological polar surface area (TPSA) is 78.7 Å². The second-order valence-corrected chi connectivity index (χ2v) is 6.27. The summed E-state index contributed by atoms with van der Waals surface area (Å²) in [7, 11) is 0. The molecule has 0 N–H and O–H groups in total. The number of nitro groups is 1. The van der Waals surface area contributed by atoms with Crippen molar-refractivity contribution in [2.24, 2.45) is 5.92 Å². The van der Waals surface area contributed by atoms with Crippen molar-refractivity contribution in [1.29, 1.82) is 0 Å². The molecule has 0 aliphatic rings. The number of hydrogen-bond acceptors (Lipinski definition) is 5. The summed E-state index contributed by atoms with van der Waals surface area (Å²) in [6.45, 7) is 4.70. The van der Waals surface area contributed by atoms with Gasteiger partial charge < -0.3 is 9.47 Å². The minimum Gasteiger partial charge on any atom is -0.434 e. The average molecular weight is 351 g/mol. The second-order valence-electron chi connectivity index (χ2n) is 6.27. The number of benzene rings is 1. The molecule has 0 spiro atoms. The molecular weight excluding hydrogens is 322 g/mol. The molecule has 1 unspecified atom stereocenters. The lowest BCUT2D eigenvalue weighted by Crippen LogP contribution is -2.17. The van der Waals surface area contributed by atoms with Crippen molar-refractivity contribution >= 4 is 11.8 Å². The maximum atomic E-state index is 11.8. The minimum absolute atomic E-state index is 0.0487. The predicted octanol–water partition coefficient (Wildman–Crippen LogP) is 5.89. The summed E-state index contributed by atoms with van der Waals surface area (Å²) in [4.78, 5) is 21.9. The lowest BCUT2D eigenvalue weighted by molar-refractivity contribution is -0.384. The van der Waals surface area contributed by atoms with E-state index in [1.165, 1.54) is 43.5 Å². The third-order valence-corrected chi connectivity index (χ3v) is 4.12. The molecule has 6 nitrogen and oxygen atoms in total. The fraction of sp³-hybridized carbons (Fsp3) is 0.632. The van der Waals surface area contributed by atoms with Crippen LogP contribution in [0.1, 0.15) is 65.2 Å². The first-order valence-electron chi connectivity index (χ1n) is 9.15. The van der Waals surface area contributed by atoms with Gasteiger partial charge in [-0.3, -0.25) is 10.1 Å². The van der Waals surface area contributed by atoms with Crippen LogP contribution >= 0.6 is 0 Å². The summed E-state index contributed by atoms with van der Waals surface area (Å²) in [5.74, 6) is 0.602. The van der Waals surface area contributed by atoms with Crippen LogP contribution in [-0.4, -0.2) is 17.7 Å². The van der Waals surface area contributed by atoms with Gasteiger partial charge in [-0.15, -0.1) is 0 Å². The largest absolute Gasteiger partial charge is 0.513 e. The zero-order valence-electron chi connectivity index (χ0n) is 15.2. The van der Waals surface area contributed by atoms with Gasteiger partial charge in [0.05, 0.1) is 11.5 Å². The van der Waals surface area contributed by atoms with Gasteiger partial charge in [0.2, 0.25) is 0 Å². The number of carbonyl (C=O) groups is 1. The lowest BCUT2D eigenvalue weighted by atomic mass is 9.96. The number of rotatable bonds is 12. The van der Waals surface area contributed by atoms with E-state index in [0.29, 0.717) is 12.5 Å². The molecule has 0 saturated carbocycles. The molecule has 1 atom stereocenters. The Morgan fingerprint density at radius 2 is 1.68 bits per heavy atom. The van der Waals surface area contributed by atoms with E-state index in [4.69, 9.17) is 9.47 Å². The van der Waals surface area contributed by atoms with Crippen molar-refractivity contribution in [3.05, 3.63) is 34.4 Å². The van der Waals surface area contributed by atoms with Crippen LogP contribution in [0.15, 0.2) is 24.3 Å². The van der Waals surface area contributed by atoms with Gasteiger partial charge in [0.15, 0.2) is 0 Å². The molecule has 1 rings (SSSR count). The normalized spacial score (nSPS) is 11.8. The highest BCUT2D eigenvalue weighted by molar-refractivity contribution is 5.63. The van der Waals surface area contributed by atoms with Crippen molar-refractivity contribution < 1.29 is 19.2 Å². The summed E-state index contributed by atoms with van der Waals surface area (Å²) in [5.41, 5.74) is -0.0487. The van der Waals surface area contributed by atoms with Crippen LogP contribution in [0, 0.1) is 16.0 Å². The molecule has 6 heteroatoms. The van der Waals surface area contributed by atoms with E-state index in [0.717, 1.165) is 32.1 Å². The van der Waals surface area contributed by atoms with E-state index in [9.17, 15) is 14.9 Å². The van der Waals surface area contributed by atoms with E-state index in [-0.39, 0.29) is 11.4 Å². The summed E-state index contributed by atoms with van der Waals surface area (Å²) in [6.07, 6.45) is 8.41. The van der Waals surface area contributed by atoms with Gasteiger partial charge in [0.25, 0.3) is 5.69 Å². The first-order chi connectivity index (χ1) is 12.1. The molecule has 0 bridgehead atoms.